The number of amides is 1. The van der Waals surface area contributed by atoms with Gasteiger partial charge in [0.05, 0.1) is 24.9 Å². The van der Waals surface area contributed by atoms with E-state index in [-0.39, 0.29) is 22.7 Å². The highest BCUT2D eigenvalue weighted by Gasteiger charge is 2.18. The zero-order chi connectivity index (χ0) is 32.8. The fourth-order valence-electron chi connectivity index (χ4n) is 5.63. The van der Waals surface area contributed by atoms with Crippen molar-refractivity contribution in [1.29, 1.82) is 0 Å². The summed E-state index contributed by atoms with van der Waals surface area (Å²) in [7, 11) is 1.57. The van der Waals surface area contributed by atoms with Crippen molar-refractivity contribution >= 4 is 22.5 Å². The minimum absolute atomic E-state index is 0.0386. The van der Waals surface area contributed by atoms with Gasteiger partial charge in [0.15, 0.2) is 28.8 Å². The van der Waals surface area contributed by atoms with Crippen molar-refractivity contribution in [2.75, 3.05) is 38.7 Å². The van der Waals surface area contributed by atoms with Crippen LogP contribution in [0.1, 0.15) is 41.7 Å². The van der Waals surface area contributed by atoms with Crippen LogP contribution in [-0.4, -0.2) is 58.9 Å². The Labute approximate surface area is 271 Å². The number of likely N-dealkylation sites (tertiary alicyclic amines) is 1. The Balaban J connectivity index is 1.15. The Bertz CT molecular complexity index is 1940. The second-order valence-corrected chi connectivity index (χ2v) is 11.4. The van der Waals surface area contributed by atoms with Crippen molar-refractivity contribution in [3.8, 4) is 28.7 Å². The highest BCUT2D eigenvalue weighted by Crippen LogP contribution is 2.38. The Morgan fingerprint density at radius 2 is 1.74 bits per heavy atom. The highest BCUT2D eigenvalue weighted by atomic mass is 19.1. The van der Waals surface area contributed by atoms with E-state index < -0.39 is 11.7 Å². The number of rotatable bonds is 11. The predicted molar refractivity (Wildman–Crippen MR) is 178 cm³/mol. The zero-order valence-corrected chi connectivity index (χ0v) is 26.4. The third kappa shape index (κ3) is 7.41. The van der Waals surface area contributed by atoms with Crippen LogP contribution >= 0.6 is 0 Å². The number of halogens is 1. The number of anilines is 1. The molecule has 1 aliphatic heterocycles. The van der Waals surface area contributed by atoms with E-state index in [0.29, 0.717) is 46.0 Å². The van der Waals surface area contributed by atoms with Crippen LogP contribution in [0.15, 0.2) is 83.8 Å². The third-order valence-corrected chi connectivity index (χ3v) is 8.06. The number of carbonyl (C=O) groups excluding carboxylic acids is 1. The first-order valence-corrected chi connectivity index (χ1v) is 15.7. The molecule has 6 rings (SSSR count). The lowest BCUT2D eigenvalue weighted by Crippen LogP contribution is -2.31. The number of hydrogen-bond donors (Lipinski definition) is 1. The van der Waals surface area contributed by atoms with Crippen LogP contribution in [0.25, 0.3) is 16.6 Å². The molecule has 0 atom stereocenters. The van der Waals surface area contributed by atoms with Crippen molar-refractivity contribution in [2.45, 2.75) is 32.6 Å². The monoisotopic (exact) mass is 637 g/mol. The molecule has 1 N–H and O–H groups in total. The molecule has 1 fully saturated rings. The minimum Gasteiger partial charge on any atom is -0.493 e. The molecule has 1 aliphatic rings. The van der Waals surface area contributed by atoms with E-state index in [1.54, 1.807) is 62.7 Å². The van der Waals surface area contributed by atoms with Crippen LogP contribution in [0.3, 0.4) is 0 Å². The van der Waals surface area contributed by atoms with Gasteiger partial charge in [0.2, 0.25) is 0 Å². The van der Waals surface area contributed by atoms with E-state index in [4.69, 9.17) is 14.2 Å². The zero-order valence-electron chi connectivity index (χ0n) is 26.4. The van der Waals surface area contributed by atoms with E-state index in [2.05, 4.69) is 20.3 Å². The minimum atomic E-state index is -0.688. The normalized spacial score (nSPS) is 13.3. The lowest BCUT2D eigenvalue weighted by atomic mass is 10.1. The average molecular weight is 638 g/mol. The number of pyridine rings is 1. The summed E-state index contributed by atoms with van der Waals surface area (Å²) in [6.45, 7) is 5.47. The summed E-state index contributed by atoms with van der Waals surface area (Å²) >= 11 is 0. The molecular weight excluding hydrogens is 601 g/mol. The van der Waals surface area contributed by atoms with Crippen molar-refractivity contribution in [3.63, 3.8) is 0 Å². The fraction of sp³-hybridized carbons (Fsp3) is 0.278. The topological polar surface area (TPSA) is 108 Å². The molecule has 47 heavy (non-hydrogen) atoms. The second kappa shape index (κ2) is 14.4. The highest BCUT2D eigenvalue weighted by molar-refractivity contribution is 6.03. The number of para-hydroxylation sites is 1. The quantitative estimate of drug-likeness (QED) is 0.163. The summed E-state index contributed by atoms with van der Waals surface area (Å²) in [5.74, 6) is 0.167. The maximum absolute atomic E-state index is 15.3. The van der Waals surface area contributed by atoms with E-state index in [1.807, 2.05) is 6.07 Å². The Hall–Kier alpha value is -5.29. The summed E-state index contributed by atoms with van der Waals surface area (Å²) in [6, 6.07) is 19.5. The van der Waals surface area contributed by atoms with Crippen LogP contribution in [0, 0.1) is 12.7 Å². The van der Waals surface area contributed by atoms with Gasteiger partial charge in [-0.25, -0.2) is 4.39 Å². The van der Waals surface area contributed by atoms with Crippen LogP contribution in [0.2, 0.25) is 0 Å². The van der Waals surface area contributed by atoms with Gasteiger partial charge in [0.25, 0.3) is 11.5 Å². The molecule has 11 heteroatoms. The Morgan fingerprint density at radius 1 is 0.936 bits per heavy atom. The smallest absolute Gasteiger partial charge is 0.276 e. The molecule has 0 bridgehead atoms. The summed E-state index contributed by atoms with van der Waals surface area (Å²) in [5.41, 5.74) is 1.39. The SMILES string of the molecule is COc1cc2c(Oc3ccc(NC(=O)c4nn(-c5ccccc5)c(=O)cc4C)cc3F)ccnc2cc1OCCCN1CCCCC1. The van der Waals surface area contributed by atoms with Crippen LogP contribution in [0.4, 0.5) is 10.1 Å². The number of aromatic nitrogens is 3. The van der Waals surface area contributed by atoms with E-state index in [9.17, 15) is 9.59 Å². The van der Waals surface area contributed by atoms with Gasteiger partial charge < -0.3 is 24.4 Å². The van der Waals surface area contributed by atoms with Gasteiger partial charge in [0.1, 0.15) is 5.75 Å². The fourth-order valence-corrected chi connectivity index (χ4v) is 5.63. The van der Waals surface area contributed by atoms with Gasteiger partial charge in [-0.3, -0.25) is 14.6 Å². The van der Waals surface area contributed by atoms with Gasteiger partial charge in [-0.05, 0) is 81.2 Å². The van der Waals surface area contributed by atoms with Crippen molar-refractivity contribution in [2.24, 2.45) is 0 Å². The molecule has 0 aliphatic carbocycles. The van der Waals surface area contributed by atoms with Crippen LogP contribution in [0.5, 0.6) is 23.0 Å². The van der Waals surface area contributed by atoms with Crippen molar-refractivity contribution < 1.29 is 23.4 Å². The molecule has 0 unspecified atom stereocenters. The first kappa shape index (κ1) is 31.7. The third-order valence-electron chi connectivity index (χ3n) is 8.06. The van der Waals surface area contributed by atoms with Crippen molar-refractivity contribution in [1.82, 2.24) is 19.7 Å². The number of benzene rings is 3. The summed E-state index contributed by atoms with van der Waals surface area (Å²) < 4.78 is 34.1. The molecule has 2 aromatic heterocycles. The summed E-state index contributed by atoms with van der Waals surface area (Å²) in [4.78, 5) is 32.6. The van der Waals surface area contributed by atoms with Gasteiger partial charge >= 0.3 is 0 Å². The number of ether oxygens (including phenoxy) is 3. The Morgan fingerprint density at radius 3 is 2.51 bits per heavy atom. The predicted octanol–water partition coefficient (Wildman–Crippen LogP) is 6.54. The largest absolute Gasteiger partial charge is 0.493 e. The summed E-state index contributed by atoms with van der Waals surface area (Å²) in [6.07, 6.45) is 6.31. The maximum atomic E-state index is 15.3. The van der Waals surface area contributed by atoms with E-state index >= 15 is 4.39 Å². The lowest BCUT2D eigenvalue weighted by molar-refractivity contribution is 0.102. The molecule has 0 saturated carbocycles. The van der Waals surface area contributed by atoms with Gasteiger partial charge in [-0.15, -0.1) is 0 Å². The molecule has 3 aromatic carbocycles. The van der Waals surface area contributed by atoms with E-state index in [1.165, 1.54) is 37.5 Å². The standard InChI is InChI=1S/C36H36FN5O5/c1-24-20-34(43)42(26-10-5-3-6-11-26)40-35(24)36(44)39-25-12-13-31(28(37)21-25)47-30-14-15-38-29-23-33(32(45-2)22-27(29)30)46-19-9-18-41-16-7-4-8-17-41/h3,5-6,10-15,20-23H,4,7-9,16-19H2,1-2H3,(H,39,44). The molecule has 10 nitrogen and oxygen atoms in total. The molecule has 5 aromatic rings. The molecular formula is C36H36FN5O5. The first-order chi connectivity index (χ1) is 22.9. The Kier molecular flexibility index (Phi) is 9.72. The molecule has 242 valence electrons. The molecule has 1 saturated heterocycles. The number of carbonyl (C=O) groups is 1. The molecule has 1 amide bonds. The van der Waals surface area contributed by atoms with Crippen LogP contribution in [-0.2, 0) is 0 Å². The number of nitrogens with one attached hydrogen (secondary N) is 1. The number of fused-ring (bicyclic) bond motifs is 1. The van der Waals surface area contributed by atoms with Gasteiger partial charge in [0, 0.05) is 42.0 Å². The average Bonchev–Trinajstić information content (AvgIpc) is 3.08. The van der Waals surface area contributed by atoms with Gasteiger partial charge in [-0.2, -0.15) is 9.78 Å². The van der Waals surface area contributed by atoms with E-state index in [0.717, 1.165) is 36.8 Å². The van der Waals surface area contributed by atoms with Gasteiger partial charge in [-0.1, -0.05) is 24.6 Å². The van der Waals surface area contributed by atoms with Crippen molar-refractivity contribution in [3.05, 3.63) is 106 Å². The molecule has 3 heterocycles. The second-order valence-electron chi connectivity index (χ2n) is 11.4. The number of hydrogen-bond acceptors (Lipinski definition) is 8. The maximum Gasteiger partial charge on any atom is 0.276 e. The van der Waals surface area contributed by atoms with Crippen LogP contribution < -0.4 is 25.1 Å². The summed E-state index contributed by atoms with van der Waals surface area (Å²) in [5, 5.41) is 7.56. The molecule has 0 radical (unpaired) electrons. The number of methoxy groups -OCH3 is 1. The lowest BCUT2D eigenvalue weighted by Gasteiger charge is -2.26. The molecule has 0 spiro atoms. The number of aryl methyl sites for hydroxylation is 1. The first-order valence-electron chi connectivity index (χ1n) is 15.7. The number of nitrogens with zero attached hydrogens (tertiary/aromatic N) is 4. The number of piperidine rings is 1.